The van der Waals surface area contributed by atoms with Gasteiger partial charge in [-0.25, -0.2) is 0 Å². The molecule has 1 N–H and O–H groups in total. The van der Waals surface area contributed by atoms with Crippen LogP contribution >= 0.6 is 0 Å². The maximum atomic E-state index is 10.9. The van der Waals surface area contributed by atoms with Gasteiger partial charge in [0.2, 0.25) is 0 Å². The van der Waals surface area contributed by atoms with E-state index in [9.17, 15) is 10.1 Å². The first-order valence-electron chi connectivity index (χ1n) is 5.36. The van der Waals surface area contributed by atoms with Crippen LogP contribution in [0.25, 0.3) is 0 Å². The zero-order valence-electron chi connectivity index (χ0n) is 9.51. The molecule has 1 aliphatic heterocycles. The summed E-state index contributed by atoms with van der Waals surface area (Å²) in [5.74, 6) is 0.274. The van der Waals surface area contributed by atoms with Crippen LogP contribution in [0.1, 0.15) is 11.6 Å². The lowest BCUT2D eigenvalue weighted by Crippen LogP contribution is -2.34. The Morgan fingerprint density at radius 1 is 1.59 bits per heavy atom. The minimum Gasteiger partial charge on any atom is -0.490 e. The zero-order chi connectivity index (χ0) is 12.3. The minimum absolute atomic E-state index is 0.00774. The molecule has 0 aromatic heterocycles. The Balaban J connectivity index is 2.29. The van der Waals surface area contributed by atoms with Crippen molar-refractivity contribution in [3.8, 4) is 5.75 Å². The lowest BCUT2D eigenvalue weighted by atomic mass is 10.1. The molecule has 0 aliphatic carbocycles. The molecule has 1 atom stereocenters. The highest BCUT2D eigenvalue weighted by Gasteiger charge is 2.21. The molecular formula is C11H14N2O4. The van der Waals surface area contributed by atoms with E-state index in [2.05, 4.69) is 5.32 Å². The third-order valence-corrected chi connectivity index (χ3v) is 2.72. The smallest absolute Gasteiger partial charge is 0.311 e. The van der Waals surface area contributed by atoms with Crippen molar-refractivity contribution < 1.29 is 14.4 Å². The van der Waals surface area contributed by atoms with Gasteiger partial charge in [-0.05, 0) is 11.6 Å². The molecular weight excluding hydrogens is 224 g/mol. The van der Waals surface area contributed by atoms with Gasteiger partial charge >= 0.3 is 5.69 Å². The number of hydrogen-bond acceptors (Lipinski definition) is 5. The largest absolute Gasteiger partial charge is 0.490 e. The van der Waals surface area contributed by atoms with Gasteiger partial charge < -0.3 is 14.8 Å². The number of benzene rings is 1. The maximum Gasteiger partial charge on any atom is 0.311 e. The van der Waals surface area contributed by atoms with E-state index in [4.69, 9.17) is 9.47 Å². The third-order valence-electron chi connectivity index (χ3n) is 2.72. The van der Waals surface area contributed by atoms with E-state index in [1.54, 1.807) is 6.07 Å². The fourth-order valence-electron chi connectivity index (χ4n) is 1.85. The average molecular weight is 238 g/mol. The van der Waals surface area contributed by atoms with Gasteiger partial charge in [-0.1, -0.05) is 6.07 Å². The summed E-state index contributed by atoms with van der Waals surface area (Å²) in [7, 11) is 1.42. The van der Waals surface area contributed by atoms with E-state index in [1.165, 1.54) is 13.2 Å². The predicted octanol–water partition coefficient (Wildman–Crippen LogP) is 1.26. The van der Waals surface area contributed by atoms with Gasteiger partial charge in [-0.2, -0.15) is 0 Å². The van der Waals surface area contributed by atoms with Gasteiger partial charge in [0.15, 0.2) is 5.75 Å². The molecule has 6 heteroatoms. The molecule has 92 valence electrons. The second-order valence-electron chi connectivity index (χ2n) is 3.77. The summed E-state index contributed by atoms with van der Waals surface area (Å²) in [5.41, 5.74) is 0.828. The molecule has 1 saturated heterocycles. The summed E-state index contributed by atoms with van der Waals surface area (Å²) >= 11 is 0. The normalized spacial score (nSPS) is 19.9. The highest BCUT2D eigenvalue weighted by Crippen LogP contribution is 2.30. The van der Waals surface area contributed by atoms with Crippen molar-refractivity contribution in [3.63, 3.8) is 0 Å². The first-order valence-corrected chi connectivity index (χ1v) is 5.36. The van der Waals surface area contributed by atoms with Crippen LogP contribution < -0.4 is 10.1 Å². The maximum absolute atomic E-state index is 10.9. The second-order valence-corrected chi connectivity index (χ2v) is 3.77. The number of nitro groups is 1. The van der Waals surface area contributed by atoms with Crippen LogP contribution in [0, 0.1) is 10.1 Å². The number of nitrogens with one attached hydrogen (secondary N) is 1. The van der Waals surface area contributed by atoms with Crippen molar-refractivity contribution in [2.75, 3.05) is 26.9 Å². The van der Waals surface area contributed by atoms with Gasteiger partial charge in [-0.15, -0.1) is 0 Å². The Morgan fingerprint density at radius 3 is 3.00 bits per heavy atom. The van der Waals surface area contributed by atoms with Crippen LogP contribution in [-0.2, 0) is 4.74 Å². The first-order chi connectivity index (χ1) is 8.22. The van der Waals surface area contributed by atoms with Gasteiger partial charge in [0.1, 0.15) is 0 Å². The summed E-state index contributed by atoms with van der Waals surface area (Å²) in [6.07, 6.45) is 0. The van der Waals surface area contributed by atoms with Gasteiger partial charge in [-0.3, -0.25) is 10.1 Å². The third kappa shape index (κ3) is 2.54. The molecule has 17 heavy (non-hydrogen) atoms. The summed E-state index contributed by atoms with van der Waals surface area (Å²) < 4.78 is 10.3. The Hall–Kier alpha value is -1.66. The van der Waals surface area contributed by atoms with Crippen molar-refractivity contribution in [2.24, 2.45) is 0 Å². The van der Waals surface area contributed by atoms with E-state index >= 15 is 0 Å². The van der Waals surface area contributed by atoms with Gasteiger partial charge in [0, 0.05) is 12.6 Å². The molecule has 1 aromatic carbocycles. The highest BCUT2D eigenvalue weighted by molar-refractivity contribution is 5.49. The van der Waals surface area contributed by atoms with Crippen LogP contribution in [0.5, 0.6) is 5.75 Å². The topological polar surface area (TPSA) is 73.6 Å². The number of nitrogens with zero attached hydrogens (tertiary/aromatic N) is 1. The Labute approximate surface area is 98.7 Å². The first kappa shape index (κ1) is 11.8. The predicted molar refractivity (Wildman–Crippen MR) is 61.2 cm³/mol. The van der Waals surface area contributed by atoms with Crippen LogP contribution in [0.15, 0.2) is 18.2 Å². The SMILES string of the molecule is COc1ccc([C@@H]2COCCN2)cc1[N+](=O)[O-]. The summed E-state index contributed by atoms with van der Waals surface area (Å²) in [5, 5.41) is 14.1. The van der Waals surface area contributed by atoms with Crippen molar-refractivity contribution >= 4 is 5.69 Å². The van der Waals surface area contributed by atoms with Crippen LogP contribution in [0.2, 0.25) is 0 Å². The average Bonchev–Trinajstić information content (AvgIpc) is 2.39. The molecule has 1 aliphatic rings. The van der Waals surface area contributed by atoms with Crippen molar-refractivity contribution in [1.29, 1.82) is 0 Å². The molecule has 1 aromatic rings. The zero-order valence-corrected chi connectivity index (χ0v) is 9.51. The molecule has 1 heterocycles. The molecule has 2 rings (SSSR count). The lowest BCUT2D eigenvalue weighted by molar-refractivity contribution is -0.385. The van der Waals surface area contributed by atoms with Crippen LogP contribution in [0.3, 0.4) is 0 Å². The van der Waals surface area contributed by atoms with Crippen molar-refractivity contribution in [1.82, 2.24) is 5.32 Å². The fourth-order valence-corrected chi connectivity index (χ4v) is 1.85. The monoisotopic (exact) mass is 238 g/mol. The lowest BCUT2D eigenvalue weighted by Gasteiger charge is -2.24. The van der Waals surface area contributed by atoms with E-state index in [0.717, 1.165) is 12.1 Å². The second kappa shape index (κ2) is 5.11. The van der Waals surface area contributed by atoms with E-state index in [1.807, 2.05) is 6.07 Å². The number of rotatable bonds is 3. The van der Waals surface area contributed by atoms with Gasteiger partial charge in [0.05, 0.1) is 31.3 Å². The number of ether oxygens (including phenoxy) is 2. The number of morpholine rings is 1. The minimum atomic E-state index is -0.438. The Bertz CT molecular complexity index is 416. The summed E-state index contributed by atoms with van der Waals surface area (Å²) in [4.78, 5) is 10.5. The highest BCUT2D eigenvalue weighted by atomic mass is 16.6. The van der Waals surface area contributed by atoms with Crippen molar-refractivity contribution in [2.45, 2.75) is 6.04 Å². The van der Waals surface area contributed by atoms with E-state index < -0.39 is 4.92 Å². The standard InChI is InChI=1S/C11H14N2O4/c1-16-11-3-2-8(6-10(11)13(14)15)9-7-17-5-4-12-9/h2-3,6,9,12H,4-5,7H2,1H3/t9-/m0/s1. The molecule has 1 fully saturated rings. The molecule has 0 bridgehead atoms. The Kier molecular flexibility index (Phi) is 3.55. The molecule has 0 unspecified atom stereocenters. The molecule has 0 spiro atoms. The molecule has 0 amide bonds. The van der Waals surface area contributed by atoms with Crippen LogP contribution in [-0.4, -0.2) is 31.8 Å². The van der Waals surface area contributed by atoms with E-state index in [-0.39, 0.29) is 17.5 Å². The van der Waals surface area contributed by atoms with Crippen LogP contribution in [0.4, 0.5) is 5.69 Å². The molecule has 0 radical (unpaired) electrons. The summed E-state index contributed by atoms with van der Waals surface area (Å²) in [6, 6.07) is 4.97. The molecule has 0 saturated carbocycles. The van der Waals surface area contributed by atoms with E-state index in [0.29, 0.717) is 13.2 Å². The fraction of sp³-hybridized carbons (Fsp3) is 0.455. The number of hydrogen-bond donors (Lipinski definition) is 1. The van der Waals surface area contributed by atoms with Crippen molar-refractivity contribution in [3.05, 3.63) is 33.9 Å². The number of nitro benzene ring substituents is 1. The molecule has 6 nitrogen and oxygen atoms in total. The Morgan fingerprint density at radius 2 is 2.41 bits per heavy atom. The quantitative estimate of drug-likeness (QED) is 0.634. The van der Waals surface area contributed by atoms with Gasteiger partial charge in [0.25, 0.3) is 0 Å². The summed E-state index contributed by atoms with van der Waals surface area (Å²) in [6.45, 7) is 1.96. The number of methoxy groups -OCH3 is 1.